The van der Waals surface area contributed by atoms with E-state index in [9.17, 15) is 13.2 Å². The summed E-state index contributed by atoms with van der Waals surface area (Å²) in [6.45, 7) is 4.42. The molecule has 0 saturated carbocycles. The van der Waals surface area contributed by atoms with Crippen molar-refractivity contribution in [1.29, 1.82) is 0 Å². The van der Waals surface area contributed by atoms with E-state index in [1.54, 1.807) is 0 Å². The van der Waals surface area contributed by atoms with E-state index in [0.29, 0.717) is 12.5 Å². The average Bonchev–Trinajstić information content (AvgIpc) is 2.26. The molecular formula is C12H18F3N3. The predicted molar refractivity (Wildman–Crippen MR) is 65.2 cm³/mol. The van der Waals surface area contributed by atoms with Gasteiger partial charge in [-0.2, -0.15) is 13.2 Å². The molecule has 6 heteroatoms. The number of pyridine rings is 1. The van der Waals surface area contributed by atoms with Crippen molar-refractivity contribution in [1.82, 2.24) is 4.98 Å². The van der Waals surface area contributed by atoms with Gasteiger partial charge in [-0.15, -0.1) is 0 Å². The van der Waals surface area contributed by atoms with Gasteiger partial charge in [0.1, 0.15) is 5.82 Å². The lowest BCUT2D eigenvalue weighted by molar-refractivity contribution is -0.137. The average molecular weight is 261 g/mol. The van der Waals surface area contributed by atoms with E-state index < -0.39 is 11.7 Å². The molecular weight excluding hydrogens is 243 g/mol. The first-order valence-corrected chi connectivity index (χ1v) is 5.82. The van der Waals surface area contributed by atoms with E-state index in [1.165, 1.54) is 0 Å². The maximum absolute atomic E-state index is 12.5. The molecule has 0 aliphatic heterocycles. The molecule has 1 aromatic heterocycles. The molecule has 1 aromatic rings. The van der Waals surface area contributed by atoms with Gasteiger partial charge in [0.05, 0.1) is 5.56 Å². The van der Waals surface area contributed by atoms with E-state index in [-0.39, 0.29) is 11.9 Å². The second-order valence-electron chi connectivity index (χ2n) is 4.63. The molecule has 0 fully saturated rings. The number of rotatable bonds is 5. The zero-order valence-corrected chi connectivity index (χ0v) is 10.5. The van der Waals surface area contributed by atoms with E-state index in [0.717, 1.165) is 24.8 Å². The lowest BCUT2D eigenvalue weighted by Gasteiger charge is -2.19. The Balaban J connectivity index is 2.78. The molecule has 102 valence electrons. The number of alkyl halides is 3. The maximum atomic E-state index is 12.5. The van der Waals surface area contributed by atoms with Crippen molar-refractivity contribution < 1.29 is 13.2 Å². The molecule has 0 aliphatic rings. The Hall–Kier alpha value is -1.30. The van der Waals surface area contributed by atoms with Crippen LogP contribution in [0.4, 0.5) is 19.0 Å². The number of hydrogen-bond donors (Lipinski definition) is 2. The highest BCUT2D eigenvalue weighted by molar-refractivity contribution is 5.39. The Morgan fingerprint density at radius 2 is 2.06 bits per heavy atom. The fraction of sp³-hybridized carbons (Fsp3) is 0.583. The molecule has 0 saturated heterocycles. The number of nitrogens with zero attached hydrogens (tertiary/aromatic N) is 1. The first-order chi connectivity index (χ1) is 8.32. The predicted octanol–water partition coefficient (Wildman–Crippen LogP) is 2.89. The van der Waals surface area contributed by atoms with Crippen LogP contribution < -0.4 is 11.1 Å². The van der Waals surface area contributed by atoms with Gasteiger partial charge in [0.25, 0.3) is 0 Å². The SMILES string of the molecule is CC(C)CC(CN)Nc1cc(C(F)(F)F)ccn1. The second kappa shape index (κ2) is 6.04. The molecule has 0 aromatic carbocycles. The molecule has 0 aliphatic carbocycles. The number of hydrogen-bond acceptors (Lipinski definition) is 3. The Morgan fingerprint density at radius 1 is 1.39 bits per heavy atom. The summed E-state index contributed by atoms with van der Waals surface area (Å²) in [5.41, 5.74) is 4.87. The Bertz CT molecular complexity index is 377. The van der Waals surface area contributed by atoms with Crippen LogP contribution in [0.25, 0.3) is 0 Å². The first kappa shape index (κ1) is 14.8. The van der Waals surface area contributed by atoms with Gasteiger partial charge in [-0.3, -0.25) is 0 Å². The minimum Gasteiger partial charge on any atom is -0.366 e. The maximum Gasteiger partial charge on any atom is 0.416 e. The van der Waals surface area contributed by atoms with Crippen molar-refractivity contribution in [3.63, 3.8) is 0 Å². The number of nitrogens with two attached hydrogens (primary N) is 1. The van der Waals surface area contributed by atoms with E-state index in [1.807, 2.05) is 13.8 Å². The quantitative estimate of drug-likeness (QED) is 0.857. The summed E-state index contributed by atoms with van der Waals surface area (Å²) >= 11 is 0. The molecule has 1 unspecified atom stereocenters. The number of halogens is 3. The van der Waals surface area contributed by atoms with Crippen molar-refractivity contribution in [3.05, 3.63) is 23.9 Å². The fourth-order valence-corrected chi connectivity index (χ4v) is 1.68. The highest BCUT2D eigenvalue weighted by Crippen LogP contribution is 2.30. The molecule has 3 nitrogen and oxygen atoms in total. The standard InChI is InChI=1S/C12H18F3N3/c1-8(2)5-10(7-16)18-11-6-9(3-4-17-11)12(13,14)15/h3-4,6,8,10H,5,7,16H2,1-2H3,(H,17,18). The summed E-state index contributed by atoms with van der Waals surface area (Å²) in [6, 6.07) is 1.88. The Kier molecular flexibility index (Phi) is 4.95. The summed E-state index contributed by atoms with van der Waals surface area (Å²) in [4.78, 5) is 3.88. The largest absolute Gasteiger partial charge is 0.416 e. The first-order valence-electron chi connectivity index (χ1n) is 5.82. The molecule has 18 heavy (non-hydrogen) atoms. The molecule has 1 rings (SSSR count). The van der Waals surface area contributed by atoms with E-state index in [2.05, 4.69) is 10.3 Å². The lowest BCUT2D eigenvalue weighted by Crippen LogP contribution is -2.30. The topological polar surface area (TPSA) is 50.9 Å². The highest BCUT2D eigenvalue weighted by atomic mass is 19.4. The van der Waals surface area contributed by atoms with Gasteiger partial charge in [0.15, 0.2) is 0 Å². The van der Waals surface area contributed by atoms with Gasteiger partial charge >= 0.3 is 6.18 Å². The van der Waals surface area contributed by atoms with E-state index in [4.69, 9.17) is 5.73 Å². The van der Waals surface area contributed by atoms with Gasteiger partial charge in [0.2, 0.25) is 0 Å². The summed E-state index contributed by atoms with van der Waals surface area (Å²) in [5, 5.41) is 2.94. The van der Waals surface area contributed by atoms with Crippen LogP contribution in [0.2, 0.25) is 0 Å². The monoisotopic (exact) mass is 261 g/mol. The number of aromatic nitrogens is 1. The molecule has 0 amide bonds. The molecule has 1 heterocycles. The van der Waals surface area contributed by atoms with Crippen molar-refractivity contribution in [2.75, 3.05) is 11.9 Å². The third-order valence-electron chi connectivity index (χ3n) is 2.48. The van der Waals surface area contributed by atoms with Crippen LogP contribution in [-0.4, -0.2) is 17.6 Å². The molecule has 3 N–H and O–H groups in total. The van der Waals surface area contributed by atoms with Gasteiger partial charge < -0.3 is 11.1 Å². The van der Waals surface area contributed by atoms with Gasteiger partial charge in [-0.25, -0.2) is 4.98 Å². The minimum atomic E-state index is -4.35. The Morgan fingerprint density at radius 3 is 2.56 bits per heavy atom. The number of nitrogens with one attached hydrogen (secondary N) is 1. The van der Waals surface area contributed by atoms with Crippen LogP contribution in [0.15, 0.2) is 18.3 Å². The third kappa shape index (κ3) is 4.52. The summed E-state index contributed by atoms with van der Waals surface area (Å²) in [6.07, 6.45) is -2.42. The van der Waals surface area contributed by atoms with Crippen molar-refractivity contribution in [2.24, 2.45) is 11.7 Å². The van der Waals surface area contributed by atoms with Gasteiger partial charge in [-0.1, -0.05) is 13.8 Å². The zero-order chi connectivity index (χ0) is 13.8. The molecule has 1 atom stereocenters. The third-order valence-corrected chi connectivity index (χ3v) is 2.48. The van der Waals surface area contributed by atoms with Crippen LogP contribution in [-0.2, 0) is 6.18 Å². The van der Waals surface area contributed by atoms with Gasteiger partial charge in [0, 0.05) is 18.8 Å². The summed E-state index contributed by atoms with van der Waals surface area (Å²) in [7, 11) is 0. The van der Waals surface area contributed by atoms with Crippen LogP contribution in [0, 0.1) is 5.92 Å². The summed E-state index contributed by atoms with van der Waals surface area (Å²) < 4.78 is 37.6. The van der Waals surface area contributed by atoms with Crippen LogP contribution in [0.3, 0.4) is 0 Å². The van der Waals surface area contributed by atoms with E-state index >= 15 is 0 Å². The van der Waals surface area contributed by atoms with Crippen molar-refractivity contribution >= 4 is 5.82 Å². The zero-order valence-electron chi connectivity index (χ0n) is 10.5. The van der Waals surface area contributed by atoms with Crippen LogP contribution >= 0.6 is 0 Å². The number of anilines is 1. The fourth-order valence-electron chi connectivity index (χ4n) is 1.68. The van der Waals surface area contributed by atoms with Crippen LogP contribution in [0.5, 0.6) is 0 Å². The molecule has 0 spiro atoms. The normalized spacial score (nSPS) is 13.7. The minimum absolute atomic E-state index is 0.0685. The second-order valence-corrected chi connectivity index (χ2v) is 4.63. The van der Waals surface area contributed by atoms with Crippen molar-refractivity contribution in [3.8, 4) is 0 Å². The highest BCUT2D eigenvalue weighted by Gasteiger charge is 2.30. The van der Waals surface area contributed by atoms with Crippen molar-refractivity contribution in [2.45, 2.75) is 32.5 Å². The molecule has 0 radical (unpaired) electrons. The van der Waals surface area contributed by atoms with Gasteiger partial charge in [-0.05, 0) is 24.5 Å². The van der Waals surface area contributed by atoms with Crippen LogP contribution in [0.1, 0.15) is 25.8 Å². The summed E-state index contributed by atoms with van der Waals surface area (Å²) in [5.74, 6) is 0.623. The molecule has 0 bridgehead atoms. The Labute approximate surface area is 105 Å². The lowest BCUT2D eigenvalue weighted by atomic mass is 10.0. The smallest absolute Gasteiger partial charge is 0.366 e.